The fourth-order valence-electron chi connectivity index (χ4n) is 0.752. The van der Waals surface area contributed by atoms with Crippen LogP contribution in [0.2, 0.25) is 5.15 Å². The first-order valence-corrected chi connectivity index (χ1v) is 5.01. The van der Waals surface area contributed by atoms with Crippen molar-refractivity contribution in [2.75, 3.05) is 11.9 Å². The Morgan fingerprint density at radius 2 is 2.43 bits per heavy atom. The number of carboxylic acid groups (broad SMARTS) is 1. The number of aliphatic hydroxyl groups excluding tert-OH is 1. The molecule has 1 aromatic heterocycles. The number of halogens is 1. The second-order valence-electron chi connectivity index (χ2n) is 2.67. The molecule has 0 spiro atoms. The van der Waals surface area contributed by atoms with Crippen LogP contribution in [0.3, 0.4) is 0 Å². The first kappa shape index (κ1) is 11.2. The van der Waals surface area contributed by atoms with Gasteiger partial charge in [-0.25, -0.2) is 9.78 Å². The summed E-state index contributed by atoms with van der Waals surface area (Å²) in [5.74, 6) is -1.10. The molecule has 5 nitrogen and oxygen atoms in total. The maximum atomic E-state index is 10.6. The molecule has 0 amide bonds. The van der Waals surface area contributed by atoms with E-state index in [-0.39, 0.29) is 22.7 Å². The van der Waals surface area contributed by atoms with Crippen LogP contribution >= 0.6 is 22.9 Å². The quantitative estimate of drug-likeness (QED) is 0.734. The summed E-state index contributed by atoms with van der Waals surface area (Å²) in [4.78, 5) is 14.4. The first-order valence-electron chi connectivity index (χ1n) is 3.81. The molecule has 0 bridgehead atoms. The number of aliphatic hydroxyl groups is 1. The lowest BCUT2D eigenvalue weighted by molar-refractivity contribution is 0.0702. The predicted octanol–water partition coefficient (Wildman–Crippen LogP) is 1.29. The van der Waals surface area contributed by atoms with Crippen LogP contribution in [0.15, 0.2) is 0 Å². The molecule has 78 valence electrons. The fraction of sp³-hybridized carbons (Fsp3) is 0.429. The van der Waals surface area contributed by atoms with E-state index in [4.69, 9.17) is 21.8 Å². The molecule has 0 radical (unpaired) electrons. The Kier molecular flexibility index (Phi) is 3.68. The highest BCUT2D eigenvalue weighted by molar-refractivity contribution is 7.18. The highest BCUT2D eigenvalue weighted by atomic mass is 35.5. The highest BCUT2D eigenvalue weighted by Gasteiger charge is 2.16. The van der Waals surface area contributed by atoms with Gasteiger partial charge >= 0.3 is 5.97 Å². The van der Waals surface area contributed by atoms with Crippen LogP contribution in [0.4, 0.5) is 5.13 Å². The molecule has 7 heteroatoms. The summed E-state index contributed by atoms with van der Waals surface area (Å²) in [6, 6.07) is -0.182. The van der Waals surface area contributed by atoms with Crippen LogP contribution < -0.4 is 5.32 Å². The lowest BCUT2D eigenvalue weighted by atomic mass is 10.4. The third-order valence-electron chi connectivity index (χ3n) is 1.42. The number of thiazole rings is 1. The third kappa shape index (κ3) is 2.57. The fourth-order valence-corrected chi connectivity index (χ4v) is 1.89. The van der Waals surface area contributed by atoms with Crippen molar-refractivity contribution in [2.24, 2.45) is 0 Å². The van der Waals surface area contributed by atoms with Gasteiger partial charge in [0.25, 0.3) is 0 Å². The van der Waals surface area contributed by atoms with E-state index in [0.717, 1.165) is 11.3 Å². The number of carbonyl (C=O) groups is 1. The average molecular weight is 237 g/mol. The Labute approximate surface area is 89.4 Å². The van der Waals surface area contributed by atoms with E-state index in [1.807, 2.05) is 0 Å². The zero-order valence-corrected chi connectivity index (χ0v) is 8.89. The van der Waals surface area contributed by atoms with E-state index in [1.54, 1.807) is 6.92 Å². The topological polar surface area (TPSA) is 82.5 Å². The van der Waals surface area contributed by atoms with Gasteiger partial charge in [0.15, 0.2) is 15.2 Å². The van der Waals surface area contributed by atoms with Gasteiger partial charge in [0.1, 0.15) is 0 Å². The lowest BCUT2D eigenvalue weighted by Crippen LogP contribution is -2.18. The molecule has 1 atom stereocenters. The molecule has 14 heavy (non-hydrogen) atoms. The van der Waals surface area contributed by atoms with Crippen molar-refractivity contribution < 1.29 is 15.0 Å². The summed E-state index contributed by atoms with van der Waals surface area (Å²) >= 11 is 6.53. The summed E-state index contributed by atoms with van der Waals surface area (Å²) in [6.45, 7) is 1.69. The summed E-state index contributed by atoms with van der Waals surface area (Å²) in [5.41, 5.74) is 0. The maximum absolute atomic E-state index is 10.6. The number of rotatable bonds is 4. The monoisotopic (exact) mass is 236 g/mol. The van der Waals surface area contributed by atoms with Gasteiger partial charge in [0, 0.05) is 6.04 Å². The van der Waals surface area contributed by atoms with Gasteiger partial charge in [-0.3, -0.25) is 0 Å². The van der Waals surface area contributed by atoms with Gasteiger partial charge < -0.3 is 15.5 Å². The van der Waals surface area contributed by atoms with Crippen LogP contribution in [-0.2, 0) is 0 Å². The van der Waals surface area contributed by atoms with E-state index in [9.17, 15) is 4.79 Å². The molecule has 0 saturated heterocycles. The number of carboxylic acids is 1. The molecule has 0 aliphatic heterocycles. The average Bonchev–Trinajstić information content (AvgIpc) is 2.46. The maximum Gasteiger partial charge on any atom is 0.349 e. The zero-order valence-electron chi connectivity index (χ0n) is 7.32. The van der Waals surface area contributed by atoms with Crippen LogP contribution in [0, 0.1) is 0 Å². The van der Waals surface area contributed by atoms with E-state index >= 15 is 0 Å². The number of aromatic carboxylic acids is 1. The summed E-state index contributed by atoms with van der Waals surface area (Å²) < 4.78 is 0. The Bertz CT molecular complexity index is 342. The molecular formula is C7H9ClN2O3S. The minimum absolute atomic E-state index is 0.000642. The molecule has 3 N–H and O–H groups in total. The first-order chi connectivity index (χ1) is 6.54. The summed E-state index contributed by atoms with van der Waals surface area (Å²) in [7, 11) is 0. The molecule has 0 fully saturated rings. The Balaban J connectivity index is 2.81. The Morgan fingerprint density at radius 1 is 1.79 bits per heavy atom. The van der Waals surface area contributed by atoms with Gasteiger partial charge in [-0.1, -0.05) is 22.9 Å². The van der Waals surface area contributed by atoms with Crippen molar-refractivity contribution in [3.05, 3.63) is 10.0 Å². The third-order valence-corrected chi connectivity index (χ3v) is 2.78. The minimum Gasteiger partial charge on any atom is -0.477 e. The normalized spacial score (nSPS) is 12.5. The SMILES string of the molecule is CC(CO)Nc1nc(Cl)c(C(=O)O)s1. The molecule has 1 rings (SSSR count). The molecule has 1 aromatic rings. The van der Waals surface area contributed by atoms with Crippen molar-refractivity contribution in [1.82, 2.24) is 4.98 Å². The van der Waals surface area contributed by atoms with Gasteiger partial charge in [0.2, 0.25) is 0 Å². The van der Waals surface area contributed by atoms with Crippen molar-refractivity contribution in [3.8, 4) is 0 Å². The molecule has 1 unspecified atom stereocenters. The van der Waals surface area contributed by atoms with Crippen molar-refractivity contribution in [3.63, 3.8) is 0 Å². The van der Waals surface area contributed by atoms with Crippen LogP contribution in [-0.4, -0.2) is 33.8 Å². The number of nitrogens with one attached hydrogen (secondary N) is 1. The number of anilines is 1. The van der Waals surface area contributed by atoms with Gasteiger partial charge in [-0.15, -0.1) is 0 Å². The second kappa shape index (κ2) is 4.59. The molecular weight excluding hydrogens is 228 g/mol. The highest BCUT2D eigenvalue weighted by Crippen LogP contribution is 2.26. The van der Waals surface area contributed by atoms with E-state index in [0.29, 0.717) is 5.13 Å². The van der Waals surface area contributed by atoms with E-state index < -0.39 is 5.97 Å². The van der Waals surface area contributed by atoms with E-state index in [2.05, 4.69) is 10.3 Å². The number of hydrogen-bond acceptors (Lipinski definition) is 5. The van der Waals surface area contributed by atoms with Gasteiger partial charge in [0.05, 0.1) is 6.61 Å². The van der Waals surface area contributed by atoms with Crippen LogP contribution in [0.25, 0.3) is 0 Å². The largest absolute Gasteiger partial charge is 0.477 e. The molecule has 0 saturated carbocycles. The Hall–Kier alpha value is -0.850. The minimum atomic E-state index is -1.10. The molecule has 1 heterocycles. The molecule has 0 aliphatic rings. The number of hydrogen-bond donors (Lipinski definition) is 3. The molecule has 0 aliphatic carbocycles. The summed E-state index contributed by atoms with van der Waals surface area (Å²) in [5, 5.41) is 20.6. The predicted molar refractivity (Wildman–Crippen MR) is 54.3 cm³/mol. The van der Waals surface area contributed by atoms with E-state index in [1.165, 1.54) is 0 Å². The second-order valence-corrected chi connectivity index (χ2v) is 4.03. The van der Waals surface area contributed by atoms with Crippen LogP contribution in [0.5, 0.6) is 0 Å². The van der Waals surface area contributed by atoms with Gasteiger partial charge in [-0.2, -0.15) is 0 Å². The lowest BCUT2D eigenvalue weighted by Gasteiger charge is -2.07. The standard InChI is InChI=1S/C7H9ClN2O3S/c1-3(2-11)9-7-10-5(8)4(14-7)6(12)13/h3,11H,2H2,1H3,(H,9,10)(H,12,13). The summed E-state index contributed by atoms with van der Waals surface area (Å²) in [6.07, 6.45) is 0. The number of aromatic nitrogens is 1. The zero-order chi connectivity index (χ0) is 10.7. The number of nitrogens with zero attached hydrogens (tertiary/aromatic N) is 1. The van der Waals surface area contributed by atoms with Crippen molar-refractivity contribution in [1.29, 1.82) is 0 Å². The van der Waals surface area contributed by atoms with Crippen molar-refractivity contribution in [2.45, 2.75) is 13.0 Å². The Morgan fingerprint density at radius 3 is 2.86 bits per heavy atom. The van der Waals surface area contributed by atoms with Crippen LogP contribution in [0.1, 0.15) is 16.6 Å². The van der Waals surface area contributed by atoms with Crippen molar-refractivity contribution >= 4 is 34.0 Å². The van der Waals surface area contributed by atoms with Gasteiger partial charge in [-0.05, 0) is 6.92 Å². The molecule has 0 aromatic carbocycles. The smallest absolute Gasteiger partial charge is 0.349 e.